The number of fused-ring (bicyclic) bond motifs is 3. The number of hydrogen-bond acceptors (Lipinski definition) is 2. The van der Waals surface area contributed by atoms with Crippen LogP contribution in [0.4, 0.5) is 0 Å². The van der Waals surface area contributed by atoms with Gasteiger partial charge < -0.3 is 9.40 Å². The highest BCUT2D eigenvalue weighted by Crippen LogP contribution is 2.61. The summed E-state index contributed by atoms with van der Waals surface area (Å²) in [4.78, 5) is 8.29. The van der Waals surface area contributed by atoms with Crippen LogP contribution in [0.15, 0.2) is 51.5 Å². The molecule has 2 aliphatic carbocycles. The van der Waals surface area contributed by atoms with Gasteiger partial charge in [0.15, 0.2) is 0 Å². The fraction of sp³-hybridized carbons (Fsp3) is 0.318. The maximum absolute atomic E-state index is 6.07. The van der Waals surface area contributed by atoms with Crippen molar-refractivity contribution in [2.45, 2.75) is 38.0 Å². The van der Waals surface area contributed by atoms with Gasteiger partial charge in [-0.05, 0) is 67.9 Å². The molecule has 0 bridgehead atoms. The lowest BCUT2D eigenvalue weighted by Crippen LogP contribution is -1.97. The van der Waals surface area contributed by atoms with E-state index in [9.17, 15) is 0 Å². The number of benzene rings is 2. The normalized spacial score (nSPS) is 21.2. The first-order valence-electron chi connectivity index (χ1n) is 9.36. The Morgan fingerprint density at radius 2 is 1.85 bits per heavy atom. The Morgan fingerprint density at radius 3 is 2.65 bits per heavy atom. The van der Waals surface area contributed by atoms with Gasteiger partial charge in [0, 0.05) is 26.7 Å². The van der Waals surface area contributed by atoms with Gasteiger partial charge in [-0.3, -0.25) is 0 Å². The molecule has 2 heterocycles. The van der Waals surface area contributed by atoms with Gasteiger partial charge in [-0.25, -0.2) is 4.98 Å². The Hall–Kier alpha value is -2.07. The maximum atomic E-state index is 6.07. The van der Waals surface area contributed by atoms with Crippen molar-refractivity contribution in [2.24, 2.45) is 5.41 Å². The van der Waals surface area contributed by atoms with Crippen LogP contribution in [0.2, 0.25) is 0 Å². The van der Waals surface area contributed by atoms with E-state index in [-0.39, 0.29) is 0 Å². The highest BCUT2D eigenvalue weighted by molar-refractivity contribution is 9.10. The lowest BCUT2D eigenvalue weighted by atomic mass is 10.0. The predicted molar refractivity (Wildman–Crippen MR) is 107 cm³/mol. The molecule has 2 aromatic heterocycles. The number of nitrogens with zero attached hydrogens (tertiary/aromatic N) is 1. The Morgan fingerprint density at radius 1 is 1.04 bits per heavy atom. The third-order valence-corrected chi connectivity index (χ3v) is 6.88. The van der Waals surface area contributed by atoms with Crippen molar-refractivity contribution in [3.05, 3.63) is 52.9 Å². The second kappa shape index (κ2) is 5.23. The average molecular weight is 407 g/mol. The molecule has 1 N–H and O–H groups in total. The number of furan rings is 1. The fourth-order valence-corrected chi connectivity index (χ4v) is 5.02. The summed E-state index contributed by atoms with van der Waals surface area (Å²) in [6.07, 6.45) is 8.81. The van der Waals surface area contributed by atoms with E-state index in [0.717, 1.165) is 43.5 Å². The Labute approximate surface area is 159 Å². The summed E-state index contributed by atoms with van der Waals surface area (Å²) >= 11 is 3.51. The predicted octanol–water partition coefficient (Wildman–Crippen LogP) is 6.79. The van der Waals surface area contributed by atoms with Gasteiger partial charge in [-0.2, -0.15) is 0 Å². The minimum atomic E-state index is 0.610. The molecule has 2 fully saturated rings. The molecule has 6 rings (SSSR count). The minimum Gasteiger partial charge on any atom is -0.456 e. The molecule has 130 valence electrons. The number of nitrogens with one attached hydrogen (secondary N) is 1. The van der Waals surface area contributed by atoms with Gasteiger partial charge in [-0.1, -0.05) is 22.0 Å². The van der Waals surface area contributed by atoms with Crippen LogP contribution >= 0.6 is 15.9 Å². The van der Waals surface area contributed by atoms with E-state index in [1.54, 1.807) is 0 Å². The molecule has 0 unspecified atom stereocenters. The van der Waals surface area contributed by atoms with E-state index >= 15 is 0 Å². The fourth-order valence-electron chi connectivity index (χ4n) is 4.68. The summed E-state index contributed by atoms with van der Waals surface area (Å²) in [7, 11) is 0. The molecule has 26 heavy (non-hydrogen) atoms. The number of imidazole rings is 1. The van der Waals surface area contributed by atoms with Crippen molar-refractivity contribution in [3.63, 3.8) is 0 Å². The highest BCUT2D eigenvalue weighted by Gasteiger charge is 2.48. The van der Waals surface area contributed by atoms with Crippen LogP contribution in [-0.2, 0) is 0 Å². The molecular formula is C22H19BrN2O. The van der Waals surface area contributed by atoms with Crippen molar-refractivity contribution in [2.75, 3.05) is 0 Å². The number of halogens is 1. The van der Waals surface area contributed by atoms with Crippen LogP contribution in [0.5, 0.6) is 0 Å². The zero-order valence-electron chi connectivity index (χ0n) is 14.4. The molecule has 0 saturated heterocycles. The summed E-state index contributed by atoms with van der Waals surface area (Å²) in [6.45, 7) is 0. The first-order valence-corrected chi connectivity index (χ1v) is 10.2. The molecule has 0 aliphatic heterocycles. The maximum Gasteiger partial charge on any atom is 0.136 e. The Kier molecular flexibility index (Phi) is 3.02. The number of aromatic nitrogens is 2. The van der Waals surface area contributed by atoms with Gasteiger partial charge in [0.1, 0.15) is 17.0 Å². The Balaban J connectivity index is 1.38. The van der Waals surface area contributed by atoms with Gasteiger partial charge >= 0.3 is 0 Å². The molecule has 2 aromatic carbocycles. The summed E-state index contributed by atoms with van der Waals surface area (Å²) in [5.74, 6) is 1.77. The van der Waals surface area contributed by atoms with Crippen LogP contribution in [0.25, 0.3) is 33.2 Å². The molecule has 0 radical (unpaired) electrons. The van der Waals surface area contributed by atoms with E-state index < -0.39 is 0 Å². The SMILES string of the molecule is Brc1ccc2c(c1)oc1cc(-c3cnc([C@H]4CCC5(CC5)C4)[nH]3)ccc12. The van der Waals surface area contributed by atoms with Gasteiger partial charge in [0.05, 0.1) is 11.9 Å². The topological polar surface area (TPSA) is 41.8 Å². The van der Waals surface area contributed by atoms with Crippen LogP contribution in [0.3, 0.4) is 0 Å². The van der Waals surface area contributed by atoms with E-state index in [0.29, 0.717) is 11.3 Å². The molecule has 1 atom stereocenters. The standard InChI is InChI=1S/C22H19BrN2O/c23-15-2-4-17-16-3-1-13(9-19(16)26-20(17)10-15)18-12-24-21(25-18)14-5-6-22(11-14)7-8-22/h1-4,9-10,12,14H,5-8,11H2,(H,24,25)/t14-/m0/s1. The summed E-state index contributed by atoms with van der Waals surface area (Å²) < 4.78 is 7.11. The lowest BCUT2D eigenvalue weighted by Gasteiger charge is -2.06. The molecular weight excluding hydrogens is 388 g/mol. The van der Waals surface area contributed by atoms with Crippen molar-refractivity contribution < 1.29 is 4.42 Å². The van der Waals surface area contributed by atoms with Crippen molar-refractivity contribution >= 4 is 37.9 Å². The van der Waals surface area contributed by atoms with E-state index in [4.69, 9.17) is 9.40 Å². The molecule has 1 spiro atoms. The quantitative estimate of drug-likeness (QED) is 0.398. The molecule has 2 saturated carbocycles. The Bertz CT molecular complexity index is 1150. The lowest BCUT2D eigenvalue weighted by molar-refractivity contribution is 0.519. The molecule has 2 aliphatic rings. The second-order valence-electron chi connectivity index (χ2n) is 8.08. The first-order chi connectivity index (χ1) is 12.7. The third kappa shape index (κ3) is 2.28. The zero-order chi connectivity index (χ0) is 17.3. The third-order valence-electron chi connectivity index (χ3n) is 6.39. The highest BCUT2D eigenvalue weighted by atomic mass is 79.9. The molecule has 3 nitrogen and oxygen atoms in total. The minimum absolute atomic E-state index is 0.610. The van der Waals surface area contributed by atoms with E-state index in [2.05, 4.69) is 51.2 Å². The van der Waals surface area contributed by atoms with Crippen LogP contribution in [0, 0.1) is 5.41 Å². The molecule has 4 aromatic rings. The smallest absolute Gasteiger partial charge is 0.136 e. The van der Waals surface area contributed by atoms with Crippen molar-refractivity contribution in [1.29, 1.82) is 0 Å². The largest absolute Gasteiger partial charge is 0.456 e. The first kappa shape index (κ1) is 15.0. The summed E-state index contributed by atoms with van der Waals surface area (Å²) in [5.41, 5.74) is 4.73. The van der Waals surface area contributed by atoms with Crippen LogP contribution in [0.1, 0.15) is 43.8 Å². The summed E-state index contributed by atoms with van der Waals surface area (Å²) in [6, 6.07) is 12.6. The van der Waals surface area contributed by atoms with Crippen LogP contribution < -0.4 is 0 Å². The zero-order valence-corrected chi connectivity index (χ0v) is 16.0. The van der Waals surface area contributed by atoms with Crippen LogP contribution in [-0.4, -0.2) is 9.97 Å². The van der Waals surface area contributed by atoms with E-state index in [1.165, 1.54) is 32.1 Å². The number of aromatic amines is 1. The monoisotopic (exact) mass is 406 g/mol. The summed E-state index contributed by atoms with van der Waals surface area (Å²) in [5, 5.41) is 2.31. The van der Waals surface area contributed by atoms with Gasteiger partial charge in [0.2, 0.25) is 0 Å². The van der Waals surface area contributed by atoms with Crippen molar-refractivity contribution in [1.82, 2.24) is 9.97 Å². The van der Waals surface area contributed by atoms with Gasteiger partial charge in [0.25, 0.3) is 0 Å². The molecule has 0 amide bonds. The number of hydrogen-bond donors (Lipinski definition) is 1. The van der Waals surface area contributed by atoms with Crippen molar-refractivity contribution in [3.8, 4) is 11.3 Å². The number of rotatable bonds is 2. The molecule has 4 heteroatoms. The second-order valence-corrected chi connectivity index (χ2v) is 8.99. The average Bonchev–Trinajstić information content (AvgIpc) is 3.01. The van der Waals surface area contributed by atoms with E-state index in [1.807, 2.05) is 12.3 Å². The number of H-pyrrole nitrogens is 1. The van der Waals surface area contributed by atoms with Gasteiger partial charge in [-0.15, -0.1) is 0 Å².